The van der Waals surface area contributed by atoms with Gasteiger partial charge in [-0.3, -0.25) is 9.59 Å². The maximum absolute atomic E-state index is 13.0. The topological polar surface area (TPSA) is 52.7 Å². The van der Waals surface area contributed by atoms with E-state index in [2.05, 4.69) is 10.2 Å². The van der Waals surface area contributed by atoms with E-state index in [-0.39, 0.29) is 17.7 Å². The molecule has 3 rings (SSSR count). The summed E-state index contributed by atoms with van der Waals surface area (Å²) in [4.78, 5) is 30.5. The lowest BCUT2D eigenvalue weighted by Gasteiger charge is -2.24. The van der Waals surface area contributed by atoms with Gasteiger partial charge in [-0.25, -0.2) is 0 Å². The molecule has 1 aliphatic carbocycles. The summed E-state index contributed by atoms with van der Waals surface area (Å²) in [5.41, 5.74) is 2.14. The number of carbonyl (C=O) groups excluding carboxylic acids is 2. The summed E-state index contributed by atoms with van der Waals surface area (Å²) in [5, 5.41) is 4.76. The maximum Gasteiger partial charge on any atom is 0.255 e. The third-order valence-corrected chi connectivity index (χ3v) is 6.01. The minimum atomic E-state index is -0.161. The van der Waals surface area contributed by atoms with Crippen LogP contribution in [0.5, 0.6) is 0 Å². The molecular formula is C17H25N3O2S. The Kier molecular flexibility index (Phi) is 5.02. The van der Waals surface area contributed by atoms with Gasteiger partial charge in [0.25, 0.3) is 5.91 Å². The van der Waals surface area contributed by atoms with Crippen molar-refractivity contribution in [3.05, 3.63) is 21.4 Å². The Morgan fingerprint density at radius 1 is 1.22 bits per heavy atom. The van der Waals surface area contributed by atoms with Crippen LogP contribution in [0.3, 0.4) is 0 Å². The lowest BCUT2D eigenvalue weighted by atomic mass is 9.95. The Bertz CT molecular complexity index is 599. The average Bonchev–Trinajstić information content (AvgIpc) is 2.90. The minimum Gasteiger partial charge on any atom is -0.359 e. The highest BCUT2D eigenvalue weighted by molar-refractivity contribution is 7.10. The molecule has 1 unspecified atom stereocenters. The number of rotatable bonds is 2. The Hall–Kier alpha value is -1.40. The van der Waals surface area contributed by atoms with E-state index >= 15 is 0 Å². The summed E-state index contributed by atoms with van der Waals surface area (Å²) in [6, 6.07) is 0. The van der Waals surface area contributed by atoms with E-state index in [1.807, 2.05) is 17.3 Å². The Morgan fingerprint density at radius 3 is 2.78 bits per heavy atom. The molecule has 1 saturated heterocycles. The van der Waals surface area contributed by atoms with Crippen molar-refractivity contribution in [2.24, 2.45) is 5.92 Å². The van der Waals surface area contributed by atoms with Crippen molar-refractivity contribution in [3.8, 4) is 0 Å². The van der Waals surface area contributed by atoms with Crippen molar-refractivity contribution in [2.45, 2.75) is 25.7 Å². The van der Waals surface area contributed by atoms with E-state index in [1.165, 1.54) is 23.3 Å². The molecule has 5 nitrogen and oxygen atoms in total. The van der Waals surface area contributed by atoms with Crippen molar-refractivity contribution >= 4 is 23.2 Å². The quantitative estimate of drug-likeness (QED) is 0.888. The molecule has 0 spiro atoms. The van der Waals surface area contributed by atoms with Gasteiger partial charge in [-0.2, -0.15) is 0 Å². The van der Waals surface area contributed by atoms with Crippen LogP contribution in [0.2, 0.25) is 0 Å². The third-order valence-electron chi connectivity index (χ3n) is 4.92. The predicted octanol–water partition coefficient (Wildman–Crippen LogP) is 1.38. The second kappa shape index (κ2) is 7.01. The first-order valence-corrected chi connectivity index (χ1v) is 9.26. The molecule has 2 amide bonds. The maximum atomic E-state index is 13.0. The molecule has 1 aliphatic heterocycles. The first-order valence-electron chi connectivity index (χ1n) is 8.38. The largest absolute Gasteiger partial charge is 0.359 e. The molecule has 0 saturated carbocycles. The van der Waals surface area contributed by atoms with Crippen LogP contribution in [0.25, 0.3) is 0 Å². The number of hydrogen-bond acceptors (Lipinski definition) is 4. The Labute approximate surface area is 141 Å². The van der Waals surface area contributed by atoms with E-state index in [1.54, 1.807) is 18.4 Å². The van der Waals surface area contributed by atoms with E-state index in [4.69, 9.17) is 0 Å². The van der Waals surface area contributed by atoms with Crippen LogP contribution in [0.1, 0.15) is 33.6 Å². The highest BCUT2D eigenvalue weighted by Crippen LogP contribution is 2.31. The van der Waals surface area contributed by atoms with Crippen LogP contribution in [0.4, 0.5) is 0 Å². The number of hydrogen-bond donors (Lipinski definition) is 1. The highest BCUT2D eigenvalue weighted by atomic mass is 32.1. The molecule has 23 heavy (non-hydrogen) atoms. The summed E-state index contributed by atoms with van der Waals surface area (Å²) in [7, 11) is 3.67. The lowest BCUT2D eigenvalue weighted by Crippen LogP contribution is -2.41. The fraction of sp³-hybridized carbons (Fsp3) is 0.647. The number of likely N-dealkylation sites (N-methyl/N-ethyl adjacent to an activating group) is 1. The number of nitrogens with zero attached hydrogens (tertiary/aromatic N) is 2. The van der Waals surface area contributed by atoms with Gasteiger partial charge in [0.2, 0.25) is 5.91 Å². The van der Waals surface area contributed by atoms with Gasteiger partial charge in [0.15, 0.2) is 0 Å². The van der Waals surface area contributed by atoms with Crippen LogP contribution in [-0.2, 0) is 17.6 Å². The molecule has 6 heteroatoms. The van der Waals surface area contributed by atoms with Crippen LogP contribution in [0, 0.1) is 5.92 Å². The zero-order valence-corrected chi connectivity index (χ0v) is 14.7. The monoisotopic (exact) mass is 335 g/mol. The van der Waals surface area contributed by atoms with Gasteiger partial charge in [0.05, 0.1) is 11.5 Å². The van der Waals surface area contributed by atoms with Gasteiger partial charge in [0.1, 0.15) is 0 Å². The van der Waals surface area contributed by atoms with Gasteiger partial charge >= 0.3 is 0 Å². The fourth-order valence-electron chi connectivity index (χ4n) is 3.57. The van der Waals surface area contributed by atoms with E-state index in [0.29, 0.717) is 19.6 Å². The molecule has 0 aromatic carbocycles. The number of fused-ring (bicyclic) bond motifs is 1. The normalized spacial score (nSPS) is 22.3. The molecule has 1 fully saturated rings. The van der Waals surface area contributed by atoms with E-state index in [9.17, 15) is 9.59 Å². The van der Waals surface area contributed by atoms with E-state index in [0.717, 1.165) is 24.9 Å². The molecule has 126 valence electrons. The smallest absolute Gasteiger partial charge is 0.255 e. The first kappa shape index (κ1) is 16.5. The molecular weight excluding hydrogens is 310 g/mol. The molecule has 1 aromatic rings. The molecule has 1 N–H and O–H groups in total. The number of amides is 2. The van der Waals surface area contributed by atoms with Gasteiger partial charge in [-0.15, -0.1) is 11.3 Å². The lowest BCUT2D eigenvalue weighted by molar-refractivity contribution is -0.125. The second-order valence-corrected chi connectivity index (χ2v) is 7.55. The summed E-state index contributed by atoms with van der Waals surface area (Å²) in [6.07, 6.45) is 4.53. The molecule has 0 bridgehead atoms. The standard InChI is InChI=1S/C17H25N3O2S/c1-18-16(21)12-9-19(2)7-8-20(10-12)17(22)14-11-23-15-6-4-3-5-13(14)15/h11-12H,3-10H2,1-2H3,(H,18,21). The van der Waals surface area contributed by atoms with Crippen LogP contribution in [0.15, 0.2) is 5.38 Å². The SMILES string of the molecule is CNC(=O)C1CN(C)CCN(C(=O)c2csc3c2CCCC3)C1. The van der Waals surface area contributed by atoms with Gasteiger partial charge in [-0.05, 0) is 38.3 Å². The van der Waals surface area contributed by atoms with Crippen molar-refractivity contribution in [2.75, 3.05) is 40.3 Å². The summed E-state index contributed by atoms with van der Waals surface area (Å²) < 4.78 is 0. The van der Waals surface area contributed by atoms with Crippen molar-refractivity contribution in [3.63, 3.8) is 0 Å². The molecule has 2 aliphatic rings. The molecule has 1 atom stereocenters. The van der Waals surface area contributed by atoms with E-state index < -0.39 is 0 Å². The number of nitrogens with one attached hydrogen (secondary N) is 1. The van der Waals surface area contributed by atoms with Crippen molar-refractivity contribution in [1.82, 2.24) is 15.1 Å². The zero-order valence-electron chi connectivity index (χ0n) is 13.9. The highest BCUT2D eigenvalue weighted by Gasteiger charge is 2.30. The molecule has 1 aromatic heterocycles. The fourth-order valence-corrected chi connectivity index (χ4v) is 4.69. The van der Waals surface area contributed by atoms with Gasteiger partial charge < -0.3 is 15.1 Å². The molecule has 2 heterocycles. The predicted molar refractivity (Wildman–Crippen MR) is 91.9 cm³/mol. The number of thiophene rings is 1. The van der Waals surface area contributed by atoms with Gasteiger partial charge in [-0.1, -0.05) is 0 Å². The summed E-state index contributed by atoms with van der Waals surface area (Å²) >= 11 is 1.72. The van der Waals surface area contributed by atoms with Gasteiger partial charge in [0, 0.05) is 43.5 Å². The van der Waals surface area contributed by atoms with Crippen LogP contribution in [-0.4, -0.2) is 61.9 Å². The zero-order chi connectivity index (χ0) is 16.4. The average molecular weight is 335 g/mol. The summed E-state index contributed by atoms with van der Waals surface area (Å²) in [5.74, 6) is -0.0385. The number of carbonyl (C=O) groups is 2. The number of aryl methyl sites for hydroxylation is 1. The Balaban J connectivity index is 1.80. The van der Waals surface area contributed by atoms with Crippen molar-refractivity contribution < 1.29 is 9.59 Å². The second-order valence-electron chi connectivity index (χ2n) is 6.58. The molecule has 0 radical (unpaired) electrons. The minimum absolute atomic E-state index is 0.0175. The van der Waals surface area contributed by atoms with Crippen LogP contribution < -0.4 is 5.32 Å². The Morgan fingerprint density at radius 2 is 2.00 bits per heavy atom. The summed E-state index contributed by atoms with van der Waals surface area (Å²) in [6.45, 7) is 2.71. The van der Waals surface area contributed by atoms with Crippen LogP contribution >= 0.6 is 11.3 Å². The third kappa shape index (κ3) is 3.43. The van der Waals surface area contributed by atoms with Crippen molar-refractivity contribution in [1.29, 1.82) is 0 Å². The first-order chi connectivity index (χ1) is 11.1.